The maximum Gasteiger partial charge on any atom is 0.191 e. The predicted octanol–water partition coefficient (Wildman–Crippen LogP) is 3.99. The Hall–Kier alpha value is -3.67. The molecule has 6 nitrogen and oxygen atoms in total. The Labute approximate surface area is 150 Å². The monoisotopic (exact) mass is 343 g/mol. The normalized spacial score (nSPS) is 10.7. The van der Waals surface area contributed by atoms with Crippen LogP contribution in [0.2, 0.25) is 0 Å². The fraction of sp³-hybridized carbons (Fsp3) is 0.0500. The topological polar surface area (TPSA) is 64.9 Å². The van der Waals surface area contributed by atoms with Gasteiger partial charge in [-0.05, 0) is 36.9 Å². The van der Waals surface area contributed by atoms with E-state index in [9.17, 15) is 0 Å². The molecule has 1 aromatic carbocycles. The van der Waals surface area contributed by atoms with E-state index in [1.54, 1.807) is 10.9 Å². The van der Waals surface area contributed by atoms with E-state index in [1.165, 1.54) is 0 Å². The van der Waals surface area contributed by atoms with Crippen LogP contribution in [-0.2, 0) is 7.05 Å². The first-order valence-electron chi connectivity index (χ1n) is 8.12. The smallest absolute Gasteiger partial charge is 0.191 e. The number of fused-ring (bicyclic) bond motifs is 1. The van der Waals surface area contributed by atoms with Crippen LogP contribution in [0.5, 0.6) is 5.75 Å². The zero-order chi connectivity index (χ0) is 17.9. The van der Waals surface area contributed by atoms with E-state index in [0.29, 0.717) is 17.5 Å². The summed E-state index contributed by atoms with van der Waals surface area (Å²) in [6.07, 6.45) is 5.58. The third kappa shape index (κ3) is 3.39. The molecule has 0 bridgehead atoms. The Morgan fingerprint density at radius 3 is 2.65 bits per heavy atom. The SMILES string of the molecule is C=C(Nc1ccc2ncc(-c3cnn(C)c3)cc2n1)Oc1ccccc1. The molecule has 3 heterocycles. The minimum atomic E-state index is 0.402. The lowest BCUT2D eigenvalue weighted by Crippen LogP contribution is -2.06. The molecule has 4 aromatic rings. The minimum absolute atomic E-state index is 0.402. The predicted molar refractivity (Wildman–Crippen MR) is 102 cm³/mol. The molecule has 0 aliphatic heterocycles. The van der Waals surface area contributed by atoms with Crippen molar-refractivity contribution in [2.24, 2.45) is 7.05 Å². The summed E-state index contributed by atoms with van der Waals surface area (Å²) in [7, 11) is 1.89. The first kappa shape index (κ1) is 15.8. The summed E-state index contributed by atoms with van der Waals surface area (Å²) in [4.78, 5) is 9.08. The Bertz CT molecular complexity index is 1070. The molecule has 6 heteroatoms. The highest BCUT2D eigenvalue weighted by Gasteiger charge is 2.06. The van der Waals surface area contributed by atoms with Crippen molar-refractivity contribution >= 4 is 16.9 Å². The second-order valence-electron chi connectivity index (χ2n) is 5.82. The summed E-state index contributed by atoms with van der Waals surface area (Å²) in [6, 6.07) is 15.2. The third-order valence-electron chi connectivity index (χ3n) is 3.83. The zero-order valence-electron chi connectivity index (χ0n) is 14.3. The highest BCUT2D eigenvalue weighted by Crippen LogP contribution is 2.22. The van der Waals surface area contributed by atoms with Crippen LogP contribution in [0.3, 0.4) is 0 Å². The maximum atomic E-state index is 5.65. The maximum absolute atomic E-state index is 5.65. The van der Waals surface area contributed by atoms with Crippen molar-refractivity contribution in [1.82, 2.24) is 19.7 Å². The number of para-hydroxylation sites is 1. The second-order valence-corrected chi connectivity index (χ2v) is 5.82. The van der Waals surface area contributed by atoms with Crippen LogP contribution in [0.1, 0.15) is 0 Å². The number of ether oxygens (including phenoxy) is 1. The van der Waals surface area contributed by atoms with Gasteiger partial charge in [0.05, 0.1) is 17.2 Å². The number of nitrogens with zero attached hydrogens (tertiary/aromatic N) is 4. The lowest BCUT2D eigenvalue weighted by molar-refractivity contribution is 0.435. The second kappa shape index (κ2) is 6.68. The zero-order valence-corrected chi connectivity index (χ0v) is 14.3. The Morgan fingerprint density at radius 2 is 1.88 bits per heavy atom. The van der Waals surface area contributed by atoms with Gasteiger partial charge in [-0.3, -0.25) is 9.67 Å². The first-order chi connectivity index (χ1) is 12.7. The Balaban J connectivity index is 1.57. The average Bonchev–Trinajstić information content (AvgIpc) is 3.08. The summed E-state index contributed by atoms with van der Waals surface area (Å²) in [6.45, 7) is 3.89. The van der Waals surface area contributed by atoms with Crippen LogP contribution >= 0.6 is 0 Å². The lowest BCUT2D eigenvalue weighted by atomic mass is 10.1. The lowest BCUT2D eigenvalue weighted by Gasteiger charge is -2.11. The van der Waals surface area contributed by atoms with Crippen molar-refractivity contribution in [2.45, 2.75) is 0 Å². The first-order valence-corrected chi connectivity index (χ1v) is 8.12. The van der Waals surface area contributed by atoms with Gasteiger partial charge in [0.2, 0.25) is 0 Å². The Morgan fingerprint density at radius 1 is 1.04 bits per heavy atom. The summed E-state index contributed by atoms with van der Waals surface area (Å²) in [5.41, 5.74) is 3.56. The molecule has 0 aliphatic rings. The van der Waals surface area contributed by atoms with Gasteiger partial charge in [-0.15, -0.1) is 0 Å². The molecular weight excluding hydrogens is 326 g/mol. The van der Waals surface area contributed by atoms with Gasteiger partial charge in [-0.2, -0.15) is 5.10 Å². The van der Waals surface area contributed by atoms with E-state index in [2.05, 4.69) is 27.0 Å². The third-order valence-corrected chi connectivity index (χ3v) is 3.83. The number of pyridine rings is 2. The molecule has 0 unspecified atom stereocenters. The number of benzene rings is 1. The number of aryl methyl sites for hydroxylation is 1. The van der Waals surface area contributed by atoms with Crippen molar-refractivity contribution in [3.8, 4) is 16.9 Å². The molecule has 3 aromatic heterocycles. The van der Waals surface area contributed by atoms with E-state index in [-0.39, 0.29) is 0 Å². The average molecular weight is 343 g/mol. The fourth-order valence-electron chi connectivity index (χ4n) is 2.60. The highest BCUT2D eigenvalue weighted by molar-refractivity contribution is 5.81. The number of anilines is 1. The van der Waals surface area contributed by atoms with E-state index >= 15 is 0 Å². The molecule has 4 rings (SSSR count). The van der Waals surface area contributed by atoms with E-state index in [0.717, 1.165) is 22.2 Å². The largest absolute Gasteiger partial charge is 0.442 e. The molecule has 128 valence electrons. The summed E-state index contributed by atoms with van der Waals surface area (Å²) in [5, 5.41) is 7.27. The number of rotatable bonds is 5. The molecule has 1 N–H and O–H groups in total. The van der Waals surface area contributed by atoms with Crippen LogP contribution < -0.4 is 10.1 Å². The molecule has 0 spiro atoms. The molecule has 0 amide bonds. The van der Waals surface area contributed by atoms with Crippen molar-refractivity contribution in [3.63, 3.8) is 0 Å². The standard InChI is InChI=1S/C20H17N5O/c1-14(26-17-6-4-3-5-7-17)23-20-9-8-18-19(24-20)10-15(11-21-18)16-12-22-25(2)13-16/h3-13H,1H2,2H3,(H,23,24). The van der Waals surface area contributed by atoms with Gasteiger partial charge in [0, 0.05) is 30.6 Å². The van der Waals surface area contributed by atoms with Crippen LogP contribution in [0, 0.1) is 0 Å². The number of nitrogens with one attached hydrogen (secondary N) is 1. The van der Waals surface area contributed by atoms with E-state index < -0.39 is 0 Å². The van der Waals surface area contributed by atoms with E-state index in [1.807, 2.05) is 68.0 Å². The molecular formula is C20H17N5O. The van der Waals surface area contributed by atoms with Crippen LogP contribution in [0.25, 0.3) is 22.2 Å². The summed E-state index contributed by atoms with van der Waals surface area (Å²) >= 11 is 0. The Kier molecular flexibility index (Phi) is 4.07. The van der Waals surface area contributed by atoms with Gasteiger partial charge in [-0.1, -0.05) is 18.2 Å². The van der Waals surface area contributed by atoms with Gasteiger partial charge in [0.1, 0.15) is 11.6 Å². The highest BCUT2D eigenvalue weighted by atomic mass is 16.5. The molecule has 0 radical (unpaired) electrons. The fourth-order valence-corrected chi connectivity index (χ4v) is 2.60. The minimum Gasteiger partial charge on any atom is -0.442 e. The van der Waals surface area contributed by atoms with E-state index in [4.69, 9.17) is 4.74 Å². The van der Waals surface area contributed by atoms with Crippen molar-refractivity contribution in [1.29, 1.82) is 0 Å². The van der Waals surface area contributed by atoms with Gasteiger partial charge in [0.25, 0.3) is 0 Å². The number of aromatic nitrogens is 4. The van der Waals surface area contributed by atoms with Crippen molar-refractivity contribution in [2.75, 3.05) is 5.32 Å². The molecule has 0 saturated heterocycles. The number of hydrogen-bond donors (Lipinski definition) is 1. The van der Waals surface area contributed by atoms with Gasteiger partial charge >= 0.3 is 0 Å². The summed E-state index contributed by atoms with van der Waals surface area (Å²) in [5.74, 6) is 1.76. The van der Waals surface area contributed by atoms with Crippen molar-refractivity contribution in [3.05, 3.63) is 79.6 Å². The van der Waals surface area contributed by atoms with Crippen LogP contribution in [0.4, 0.5) is 5.82 Å². The molecule has 0 aliphatic carbocycles. The van der Waals surface area contributed by atoms with Crippen LogP contribution in [0.15, 0.2) is 79.6 Å². The van der Waals surface area contributed by atoms with Gasteiger partial charge < -0.3 is 10.1 Å². The van der Waals surface area contributed by atoms with Gasteiger partial charge in [0.15, 0.2) is 5.88 Å². The molecule has 26 heavy (non-hydrogen) atoms. The van der Waals surface area contributed by atoms with Crippen LogP contribution in [-0.4, -0.2) is 19.7 Å². The quantitative estimate of drug-likeness (QED) is 0.555. The number of hydrogen-bond acceptors (Lipinski definition) is 5. The molecule has 0 saturated carbocycles. The molecule has 0 atom stereocenters. The van der Waals surface area contributed by atoms with Gasteiger partial charge in [-0.25, -0.2) is 4.98 Å². The summed E-state index contributed by atoms with van der Waals surface area (Å²) < 4.78 is 7.41. The van der Waals surface area contributed by atoms with Crippen molar-refractivity contribution < 1.29 is 4.74 Å². The molecule has 0 fully saturated rings.